The molecule has 0 spiro atoms. The van der Waals surface area contributed by atoms with E-state index in [1.165, 1.54) is 5.56 Å². The number of anilines is 1. The minimum Gasteiger partial charge on any atom is -0.335 e. The average Bonchev–Trinajstić information content (AvgIpc) is 2.56. The largest absolute Gasteiger partial charge is 0.335 e. The molecular formula is C11H14N2S. The van der Waals surface area contributed by atoms with Crippen LogP contribution < -0.4 is 5.32 Å². The minimum absolute atomic E-state index is 0.613. The number of para-hydroxylation sites is 1. The van der Waals surface area contributed by atoms with Crippen molar-refractivity contribution < 1.29 is 0 Å². The lowest BCUT2D eigenvalue weighted by Gasteiger charge is -2.08. The Bertz CT molecular complexity index is 360. The molecule has 14 heavy (non-hydrogen) atoms. The number of nitrogens with zero attached hydrogens (tertiary/aromatic N) is 1. The van der Waals surface area contributed by atoms with Crippen LogP contribution in [0.15, 0.2) is 29.3 Å². The first kappa shape index (κ1) is 9.59. The van der Waals surface area contributed by atoms with Crippen LogP contribution in [-0.2, 0) is 0 Å². The maximum Gasteiger partial charge on any atom is 0.161 e. The first-order valence-corrected chi connectivity index (χ1v) is 5.67. The summed E-state index contributed by atoms with van der Waals surface area (Å²) in [7, 11) is 0. The van der Waals surface area contributed by atoms with Crippen molar-refractivity contribution in [1.82, 2.24) is 0 Å². The molecular weight excluding hydrogens is 192 g/mol. The Morgan fingerprint density at radius 2 is 2.21 bits per heavy atom. The number of thioether (sulfide) groups is 1. The van der Waals surface area contributed by atoms with Crippen molar-refractivity contribution in [3.05, 3.63) is 29.8 Å². The van der Waals surface area contributed by atoms with Crippen LogP contribution >= 0.6 is 11.8 Å². The summed E-state index contributed by atoms with van der Waals surface area (Å²) in [4.78, 5) is 4.42. The molecule has 0 radical (unpaired) electrons. The molecule has 0 fully saturated rings. The molecule has 3 heteroatoms. The lowest BCUT2D eigenvalue weighted by molar-refractivity contribution is 0.976. The Labute approximate surface area is 88.8 Å². The second kappa shape index (κ2) is 4.05. The molecule has 0 aliphatic carbocycles. The molecule has 1 N–H and O–H groups in total. The Hall–Kier alpha value is -0.960. The average molecular weight is 206 g/mol. The molecule has 2 rings (SSSR count). The van der Waals surface area contributed by atoms with Gasteiger partial charge in [0.25, 0.3) is 0 Å². The van der Waals surface area contributed by atoms with Crippen LogP contribution in [0, 0.1) is 6.92 Å². The van der Waals surface area contributed by atoms with Gasteiger partial charge in [-0.1, -0.05) is 36.9 Å². The molecule has 0 saturated carbocycles. The molecule has 0 bridgehead atoms. The van der Waals surface area contributed by atoms with E-state index in [4.69, 9.17) is 0 Å². The Balaban J connectivity index is 2.08. The third-order valence-corrected chi connectivity index (χ3v) is 3.20. The Morgan fingerprint density at radius 3 is 2.86 bits per heavy atom. The molecule has 0 aromatic heterocycles. The van der Waals surface area contributed by atoms with Gasteiger partial charge < -0.3 is 5.32 Å². The molecule has 0 amide bonds. The van der Waals surface area contributed by atoms with E-state index < -0.39 is 0 Å². The van der Waals surface area contributed by atoms with Gasteiger partial charge in [-0.2, -0.15) is 0 Å². The van der Waals surface area contributed by atoms with E-state index in [-0.39, 0.29) is 0 Å². The van der Waals surface area contributed by atoms with E-state index in [1.807, 2.05) is 23.9 Å². The standard InChI is InChI=1S/C11H14N2S/c1-8-5-3-4-6-10(8)13-11-12-7-9(2)14-11/h3-6,9H,7H2,1-2H3,(H,12,13)/t9-/m1/s1. The number of hydrogen-bond acceptors (Lipinski definition) is 3. The van der Waals surface area contributed by atoms with E-state index in [1.54, 1.807) is 0 Å². The van der Waals surface area contributed by atoms with Crippen LogP contribution in [-0.4, -0.2) is 17.0 Å². The molecule has 1 atom stereocenters. The second-order valence-corrected chi connectivity index (χ2v) is 4.94. The van der Waals surface area contributed by atoms with Crippen molar-refractivity contribution in [2.45, 2.75) is 19.1 Å². The summed E-state index contributed by atoms with van der Waals surface area (Å²) in [5.74, 6) is 0. The monoisotopic (exact) mass is 206 g/mol. The highest BCUT2D eigenvalue weighted by molar-refractivity contribution is 8.15. The smallest absolute Gasteiger partial charge is 0.161 e. The number of rotatable bonds is 1. The number of nitrogens with one attached hydrogen (secondary N) is 1. The van der Waals surface area contributed by atoms with Crippen LogP contribution in [0.2, 0.25) is 0 Å². The molecule has 1 aliphatic rings. The van der Waals surface area contributed by atoms with Crippen molar-refractivity contribution in [3.63, 3.8) is 0 Å². The molecule has 1 heterocycles. The fourth-order valence-corrected chi connectivity index (χ4v) is 2.22. The van der Waals surface area contributed by atoms with Gasteiger partial charge in [0.2, 0.25) is 0 Å². The topological polar surface area (TPSA) is 24.4 Å². The van der Waals surface area contributed by atoms with Gasteiger partial charge in [0.15, 0.2) is 5.17 Å². The summed E-state index contributed by atoms with van der Waals surface area (Å²) < 4.78 is 0. The van der Waals surface area contributed by atoms with Gasteiger partial charge in [-0.05, 0) is 18.6 Å². The molecule has 1 aromatic carbocycles. The predicted molar refractivity (Wildman–Crippen MR) is 64.2 cm³/mol. The highest BCUT2D eigenvalue weighted by atomic mass is 32.2. The van der Waals surface area contributed by atoms with Gasteiger partial charge in [0.05, 0.1) is 6.54 Å². The third-order valence-electron chi connectivity index (χ3n) is 2.19. The fourth-order valence-electron chi connectivity index (χ4n) is 1.37. The summed E-state index contributed by atoms with van der Waals surface area (Å²) in [5.41, 5.74) is 2.42. The summed E-state index contributed by atoms with van der Waals surface area (Å²) >= 11 is 1.81. The molecule has 1 aromatic rings. The van der Waals surface area contributed by atoms with E-state index >= 15 is 0 Å². The van der Waals surface area contributed by atoms with Crippen molar-refractivity contribution in [1.29, 1.82) is 0 Å². The first-order valence-electron chi connectivity index (χ1n) is 4.79. The lowest BCUT2D eigenvalue weighted by Crippen LogP contribution is -2.06. The molecule has 2 nitrogen and oxygen atoms in total. The van der Waals surface area contributed by atoms with Gasteiger partial charge in [-0.15, -0.1) is 0 Å². The summed E-state index contributed by atoms with van der Waals surface area (Å²) in [6, 6.07) is 8.28. The maximum atomic E-state index is 4.42. The van der Waals surface area contributed by atoms with E-state index in [0.717, 1.165) is 17.4 Å². The van der Waals surface area contributed by atoms with Gasteiger partial charge in [0, 0.05) is 10.9 Å². The van der Waals surface area contributed by atoms with Crippen molar-refractivity contribution in [2.24, 2.45) is 4.99 Å². The molecule has 1 aliphatic heterocycles. The molecule has 0 saturated heterocycles. The predicted octanol–water partition coefficient (Wildman–Crippen LogP) is 2.90. The summed E-state index contributed by atoms with van der Waals surface area (Å²) in [6.45, 7) is 5.23. The van der Waals surface area contributed by atoms with E-state index in [0.29, 0.717) is 5.25 Å². The maximum absolute atomic E-state index is 4.42. The van der Waals surface area contributed by atoms with Crippen molar-refractivity contribution in [3.8, 4) is 0 Å². The van der Waals surface area contributed by atoms with Crippen LogP contribution in [0.4, 0.5) is 5.69 Å². The highest BCUT2D eigenvalue weighted by Gasteiger charge is 2.14. The zero-order valence-corrected chi connectivity index (χ0v) is 9.27. The fraction of sp³-hybridized carbons (Fsp3) is 0.364. The van der Waals surface area contributed by atoms with Crippen LogP contribution in [0.5, 0.6) is 0 Å². The number of benzene rings is 1. The van der Waals surface area contributed by atoms with Crippen LogP contribution in [0.1, 0.15) is 12.5 Å². The first-order chi connectivity index (χ1) is 6.75. The second-order valence-electron chi connectivity index (χ2n) is 3.51. The van der Waals surface area contributed by atoms with Gasteiger partial charge in [-0.3, -0.25) is 4.99 Å². The van der Waals surface area contributed by atoms with Crippen LogP contribution in [0.3, 0.4) is 0 Å². The van der Waals surface area contributed by atoms with Gasteiger partial charge in [-0.25, -0.2) is 0 Å². The summed E-state index contributed by atoms with van der Waals surface area (Å²) in [5, 5.41) is 5.01. The molecule has 74 valence electrons. The van der Waals surface area contributed by atoms with Gasteiger partial charge >= 0.3 is 0 Å². The third kappa shape index (κ3) is 2.10. The normalized spacial score (nSPS) is 20.7. The number of hydrogen-bond donors (Lipinski definition) is 1. The lowest BCUT2D eigenvalue weighted by atomic mass is 10.2. The quantitative estimate of drug-likeness (QED) is 0.764. The number of amidine groups is 1. The number of aryl methyl sites for hydroxylation is 1. The van der Waals surface area contributed by atoms with Crippen LogP contribution in [0.25, 0.3) is 0 Å². The van der Waals surface area contributed by atoms with E-state index in [2.05, 4.69) is 36.3 Å². The SMILES string of the molecule is Cc1ccccc1NC1=NC[C@@H](C)S1. The number of aliphatic imine (C=N–C) groups is 1. The minimum atomic E-state index is 0.613. The highest BCUT2D eigenvalue weighted by Crippen LogP contribution is 2.23. The summed E-state index contributed by atoms with van der Waals surface area (Å²) in [6.07, 6.45) is 0. The molecule has 0 unspecified atom stereocenters. The van der Waals surface area contributed by atoms with Crippen molar-refractivity contribution >= 4 is 22.6 Å². The Kier molecular flexibility index (Phi) is 2.77. The van der Waals surface area contributed by atoms with Crippen molar-refractivity contribution in [2.75, 3.05) is 11.9 Å². The zero-order valence-electron chi connectivity index (χ0n) is 8.45. The van der Waals surface area contributed by atoms with E-state index in [9.17, 15) is 0 Å². The Morgan fingerprint density at radius 1 is 1.43 bits per heavy atom. The zero-order chi connectivity index (χ0) is 9.97. The van der Waals surface area contributed by atoms with Gasteiger partial charge in [0.1, 0.15) is 0 Å².